The van der Waals surface area contributed by atoms with E-state index in [2.05, 4.69) is 5.32 Å². The summed E-state index contributed by atoms with van der Waals surface area (Å²) in [5.41, 5.74) is 7.63. The van der Waals surface area contributed by atoms with Gasteiger partial charge in [-0.05, 0) is 30.5 Å². The molecule has 0 fully saturated rings. The summed E-state index contributed by atoms with van der Waals surface area (Å²) in [5, 5.41) is 20.1. The molecule has 0 aliphatic heterocycles. The van der Waals surface area contributed by atoms with Gasteiger partial charge >= 0.3 is 11.9 Å². The molecule has 28 heavy (non-hydrogen) atoms. The Kier molecular flexibility index (Phi) is 10.7. The third-order valence-electron chi connectivity index (χ3n) is 4.06. The summed E-state index contributed by atoms with van der Waals surface area (Å²) in [5.74, 6) is -2.15. The highest BCUT2D eigenvalue weighted by molar-refractivity contribution is 6.18. The first-order valence-electron chi connectivity index (χ1n) is 8.74. The number of carboxylic acids is 2. The highest BCUT2D eigenvalue weighted by Gasteiger charge is 2.24. The van der Waals surface area contributed by atoms with Gasteiger partial charge in [0.15, 0.2) is 0 Å². The normalized spacial score (nSPS) is 12.8. The smallest absolute Gasteiger partial charge is 0.326 e. The van der Waals surface area contributed by atoms with E-state index < -0.39 is 29.9 Å². The van der Waals surface area contributed by atoms with E-state index in [9.17, 15) is 14.4 Å². The fourth-order valence-corrected chi connectivity index (χ4v) is 2.98. The molecule has 0 aliphatic rings. The summed E-state index contributed by atoms with van der Waals surface area (Å²) in [4.78, 5) is 36.0. The van der Waals surface area contributed by atoms with Crippen molar-refractivity contribution in [3.63, 3.8) is 0 Å². The lowest BCUT2D eigenvalue weighted by atomic mass is 10.0. The molecule has 1 aromatic rings. The van der Waals surface area contributed by atoms with E-state index in [1.54, 1.807) is 0 Å². The molecule has 8 nitrogen and oxygen atoms in total. The first kappa shape index (κ1) is 24.0. The molecular formula is C18H25Cl2N3O5. The van der Waals surface area contributed by atoms with Gasteiger partial charge in [-0.2, -0.15) is 0 Å². The second kappa shape index (κ2) is 12.4. The lowest BCUT2D eigenvalue weighted by Crippen LogP contribution is -2.49. The zero-order chi connectivity index (χ0) is 21.1. The Balaban J connectivity index is 2.67. The minimum Gasteiger partial charge on any atom is -0.481 e. The number of hydrogen-bond donors (Lipinski definition) is 4. The third-order valence-corrected chi connectivity index (χ3v) is 4.40. The van der Waals surface area contributed by atoms with E-state index in [1.807, 2.05) is 29.2 Å². The zero-order valence-corrected chi connectivity index (χ0v) is 16.8. The summed E-state index contributed by atoms with van der Waals surface area (Å²) >= 11 is 11.6. The number of carbonyl (C=O) groups is 3. The van der Waals surface area contributed by atoms with Crippen molar-refractivity contribution in [2.75, 3.05) is 29.7 Å². The van der Waals surface area contributed by atoms with Crippen molar-refractivity contribution in [2.45, 2.75) is 31.3 Å². The predicted octanol–water partition coefficient (Wildman–Crippen LogP) is 1.27. The number of nitrogens with zero attached hydrogens (tertiary/aromatic N) is 1. The van der Waals surface area contributed by atoms with Crippen LogP contribution in [-0.4, -0.2) is 65.0 Å². The maximum Gasteiger partial charge on any atom is 0.326 e. The van der Waals surface area contributed by atoms with E-state index in [0.717, 1.165) is 11.3 Å². The van der Waals surface area contributed by atoms with Crippen LogP contribution < -0.4 is 16.0 Å². The largest absolute Gasteiger partial charge is 0.481 e. The average Bonchev–Trinajstić information content (AvgIpc) is 2.65. The van der Waals surface area contributed by atoms with E-state index in [1.165, 1.54) is 0 Å². The lowest BCUT2D eigenvalue weighted by molar-refractivity contribution is -0.143. The molecule has 5 N–H and O–H groups in total. The van der Waals surface area contributed by atoms with E-state index in [0.29, 0.717) is 24.8 Å². The Hall–Kier alpha value is -2.03. The zero-order valence-electron chi connectivity index (χ0n) is 15.3. The number of anilines is 1. The molecule has 0 saturated carbocycles. The van der Waals surface area contributed by atoms with Crippen molar-refractivity contribution in [3.8, 4) is 0 Å². The second-order valence-corrected chi connectivity index (χ2v) is 6.93. The van der Waals surface area contributed by atoms with Crippen LogP contribution >= 0.6 is 23.2 Å². The number of benzene rings is 1. The molecular weight excluding hydrogens is 409 g/mol. The first-order valence-corrected chi connectivity index (χ1v) is 9.81. The van der Waals surface area contributed by atoms with Gasteiger partial charge in [-0.3, -0.25) is 9.59 Å². The van der Waals surface area contributed by atoms with Crippen LogP contribution in [-0.2, 0) is 20.8 Å². The number of nitrogens with two attached hydrogens (primary N) is 1. The van der Waals surface area contributed by atoms with Crippen molar-refractivity contribution >= 4 is 46.7 Å². The molecule has 0 aromatic heterocycles. The molecule has 0 radical (unpaired) electrons. The molecule has 0 aliphatic carbocycles. The number of carboxylic acid groups (broad SMARTS) is 2. The average molecular weight is 434 g/mol. The van der Waals surface area contributed by atoms with Gasteiger partial charge in [-0.25, -0.2) is 4.79 Å². The molecule has 2 atom stereocenters. The van der Waals surface area contributed by atoms with Gasteiger partial charge in [-0.1, -0.05) is 12.1 Å². The number of carbonyl (C=O) groups excluding carboxylic acids is 1. The number of rotatable bonds is 13. The van der Waals surface area contributed by atoms with E-state index in [4.69, 9.17) is 39.1 Å². The summed E-state index contributed by atoms with van der Waals surface area (Å²) in [7, 11) is 0. The van der Waals surface area contributed by atoms with Gasteiger partial charge < -0.3 is 26.2 Å². The topological polar surface area (TPSA) is 133 Å². The first-order chi connectivity index (χ1) is 13.3. The highest BCUT2D eigenvalue weighted by atomic mass is 35.5. The SMILES string of the molecule is NC(Cc1ccc(N(CCCl)CCCl)cc1)C(=O)NC(CCC(=O)O)C(=O)O. The molecule has 10 heteroatoms. The minimum atomic E-state index is -1.30. The molecule has 0 heterocycles. The van der Waals surface area contributed by atoms with E-state index >= 15 is 0 Å². The fourth-order valence-electron chi connectivity index (χ4n) is 2.57. The van der Waals surface area contributed by atoms with Crippen LogP contribution in [0, 0.1) is 0 Å². The maximum atomic E-state index is 12.2. The maximum absolute atomic E-state index is 12.2. The van der Waals surface area contributed by atoms with Crippen LogP contribution in [0.1, 0.15) is 18.4 Å². The number of aliphatic carboxylic acids is 2. The van der Waals surface area contributed by atoms with Gasteiger partial charge in [0.25, 0.3) is 0 Å². The van der Waals surface area contributed by atoms with Crippen molar-refractivity contribution in [2.24, 2.45) is 5.73 Å². The number of halogens is 2. The standard InChI is InChI=1S/C18H25Cl2N3O5/c19-7-9-23(10-8-20)13-3-1-12(2-4-13)11-14(21)17(26)22-15(18(27)28)5-6-16(24)25/h1-4,14-15H,5-11,21H2,(H,22,26)(H,24,25)(H,27,28). The van der Waals surface area contributed by atoms with Gasteiger partial charge in [-0.15, -0.1) is 23.2 Å². The molecule has 0 saturated heterocycles. The molecule has 156 valence electrons. The van der Waals surface area contributed by atoms with Crippen LogP contribution in [0.3, 0.4) is 0 Å². The van der Waals surface area contributed by atoms with Crippen molar-refractivity contribution < 1.29 is 24.6 Å². The number of hydrogen-bond acceptors (Lipinski definition) is 5. The van der Waals surface area contributed by atoms with Crippen LogP contribution in [0.4, 0.5) is 5.69 Å². The summed E-state index contributed by atoms with van der Waals surface area (Å²) in [6, 6.07) is 5.17. The number of nitrogens with one attached hydrogen (secondary N) is 1. The lowest BCUT2D eigenvalue weighted by Gasteiger charge is -2.23. The van der Waals surface area contributed by atoms with Crippen molar-refractivity contribution in [1.29, 1.82) is 0 Å². The van der Waals surface area contributed by atoms with Crippen molar-refractivity contribution in [1.82, 2.24) is 5.32 Å². The minimum absolute atomic E-state index is 0.211. The summed E-state index contributed by atoms with van der Waals surface area (Å²) in [6.45, 7) is 1.31. The van der Waals surface area contributed by atoms with Crippen LogP contribution in [0.2, 0.25) is 0 Å². The Morgan fingerprint density at radius 3 is 2.11 bits per heavy atom. The second-order valence-electron chi connectivity index (χ2n) is 6.17. The summed E-state index contributed by atoms with van der Waals surface area (Å²) < 4.78 is 0. The predicted molar refractivity (Wildman–Crippen MR) is 108 cm³/mol. The van der Waals surface area contributed by atoms with Crippen LogP contribution in [0.15, 0.2) is 24.3 Å². The third kappa shape index (κ3) is 8.33. The fraction of sp³-hybridized carbons (Fsp3) is 0.500. The Bertz CT molecular complexity index is 651. The van der Waals surface area contributed by atoms with Gasteiger partial charge in [0.05, 0.1) is 6.04 Å². The van der Waals surface area contributed by atoms with E-state index in [-0.39, 0.29) is 19.3 Å². The summed E-state index contributed by atoms with van der Waals surface area (Å²) in [6.07, 6.45) is -0.369. The molecule has 2 unspecified atom stereocenters. The molecule has 0 bridgehead atoms. The van der Waals surface area contributed by atoms with Crippen molar-refractivity contribution in [3.05, 3.63) is 29.8 Å². The van der Waals surface area contributed by atoms with Crippen LogP contribution in [0.25, 0.3) is 0 Å². The molecule has 1 aromatic carbocycles. The Labute approximate surface area is 173 Å². The molecule has 0 spiro atoms. The number of amides is 1. The van der Waals surface area contributed by atoms with Gasteiger partial charge in [0.2, 0.25) is 5.91 Å². The highest BCUT2D eigenvalue weighted by Crippen LogP contribution is 2.16. The Morgan fingerprint density at radius 1 is 1.07 bits per heavy atom. The Morgan fingerprint density at radius 2 is 1.64 bits per heavy atom. The number of alkyl halides is 2. The van der Waals surface area contributed by atoms with Gasteiger partial charge in [0, 0.05) is 37.0 Å². The monoisotopic (exact) mass is 433 g/mol. The molecule has 1 amide bonds. The molecule has 1 rings (SSSR count). The quantitative estimate of drug-likeness (QED) is 0.344. The van der Waals surface area contributed by atoms with Crippen LogP contribution in [0.5, 0.6) is 0 Å². The van der Waals surface area contributed by atoms with Gasteiger partial charge in [0.1, 0.15) is 6.04 Å².